The van der Waals surface area contributed by atoms with Crippen LogP contribution in [-0.4, -0.2) is 43.5 Å². The van der Waals surface area contributed by atoms with E-state index in [0.29, 0.717) is 25.4 Å². The van der Waals surface area contributed by atoms with Crippen molar-refractivity contribution < 1.29 is 14.3 Å². The standard InChI is InChI=1S/C29H32N4O4/c1-29(2,3)37-28(35)32-14-7-10-24(32)19-33-26-12-11-23(16-22(26)18-30-33)31-15-13-25(17-27(31)34)36-20-21-8-5-4-6-9-21/h4-6,8-9,11-13,15-18,24H,7,10,14,19-20H2,1-3H3. The molecule has 37 heavy (non-hydrogen) atoms. The Labute approximate surface area is 216 Å². The van der Waals surface area contributed by atoms with Crippen LogP contribution in [0, 0.1) is 0 Å². The number of aromatic nitrogens is 3. The topological polar surface area (TPSA) is 78.6 Å². The Morgan fingerprint density at radius 3 is 2.65 bits per heavy atom. The second-order valence-electron chi connectivity index (χ2n) is 10.4. The fraction of sp³-hybridized carbons (Fsp3) is 0.345. The molecule has 1 aliphatic heterocycles. The number of ether oxygens (including phenoxy) is 2. The molecule has 0 N–H and O–H groups in total. The quantitative estimate of drug-likeness (QED) is 0.365. The van der Waals surface area contributed by atoms with Crippen molar-refractivity contribution >= 4 is 17.0 Å². The summed E-state index contributed by atoms with van der Waals surface area (Å²) in [5.74, 6) is 0.533. The molecule has 8 heteroatoms. The van der Waals surface area contributed by atoms with Crippen molar-refractivity contribution in [2.45, 2.75) is 58.4 Å². The van der Waals surface area contributed by atoms with Gasteiger partial charge in [-0.05, 0) is 63.4 Å². The van der Waals surface area contributed by atoms with Gasteiger partial charge in [-0.25, -0.2) is 4.79 Å². The fourth-order valence-corrected chi connectivity index (χ4v) is 4.66. The summed E-state index contributed by atoms with van der Waals surface area (Å²) < 4.78 is 14.9. The third kappa shape index (κ3) is 5.69. The van der Waals surface area contributed by atoms with E-state index >= 15 is 0 Å². The normalized spacial score (nSPS) is 15.8. The monoisotopic (exact) mass is 500 g/mol. The van der Waals surface area contributed by atoms with E-state index in [2.05, 4.69) is 5.10 Å². The SMILES string of the molecule is CC(C)(C)OC(=O)N1CCCC1Cn1ncc2cc(-n3ccc(OCc4ccccc4)cc3=O)ccc21. The Morgan fingerprint density at radius 1 is 1.08 bits per heavy atom. The Morgan fingerprint density at radius 2 is 1.89 bits per heavy atom. The summed E-state index contributed by atoms with van der Waals surface area (Å²) in [6.45, 7) is 7.33. The first kappa shape index (κ1) is 24.6. The highest BCUT2D eigenvalue weighted by Crippen LogP contribution is 2.25. The van der Waals surface area contributed by atoms with E-state index in [4.69, 9.17) is 9.47 Å². The molecule has 2 aromatic carbocycles. The average molecular weight is 501 g/mol. The zero-order chi connectivity index (χ0) is 26.0. The van der Waals surface area contributed by atoms with Crippen LogP contribution in [0.4, 0.5) is 4.79 Å². The Hall–Kier alpha value is -4.07. The number of pyridine rings is 1. The number of hydrogen-bond acceptors (Lipinski definition) is 5. The number of amides is 1. The van der Waals surface area contributed by atoms with E-state index in [1.807, 2.05) is 78.9 Å². The first-order valence-corrected chi connectivity index (χ1v) is 12.6. The van der Waals surface area contributed by atoms with E-state index in [-0.39, 0.29) is 17.7 Å². The lowest BCUT2D eigenvalue weighted by molar-refractivity contribution is 0.0212. The van der Waals surface area contributed by atoms with Crippen LogP contribution in [0.5, 0.6) is 5.75 Å². The van der Waals surface area contributed by atoms with Crippen molar-refractivity contribution in [3.8, 4) is 11.4 Å². The largest absolute Gasteiger partial charge is 0.489 e. The van der Waals surface area contributed by atoms with Gasteiger partial charge < -0.3 is 14.4 Å². The second-order valence-corrected chi connectivity index (χ2v) is 10.4. The molecule has 0 spiro atoms. The predicted molar refractivity (Wildman–Crippen MR) is 142 cm³/mol. The molecule has 4 aromatic rings. The third-order valence-electron chi connectivity index (χ3n) is 6.43. The lowest BCUT2D eigenvalue weighted by atomic mass is 10.2. The lowest BCUT2D eigenvalue weighted by Crippen LogP contribution is -2.41. The van der Waals surface area contributed by atoms with Crippen LogP contribution < -0.4 is 10.3 Å². The van der Waals surface area contributed by atoms with Crippen molar-refractivity contribution in [3.63, 3.8) is 0 Å². The fourth-order valence-electron chi connectivity index (χ4n) is 4.66. The van der Waals surface area contributed by atoms with Gasteiger partial charge in [0.1, 0.15) is 18.0 Å². The molecule has 2 aromatic heterocycles. The molecule has 0 saturated carbocycles. The molecule has 192 valence electrons. The summed E-state index contributed by atoms with van der Waals surface area (Å²) in [7, 11) is 0. The molecule has 8 nitrogen and oxygen atoms in total. The molecule has 3 heterocycles. The van der Waals surface area contributed by atoms with Gasteiger partial charge in [0.2, 0.25) is 0 Å². The zero-order valence-corrected chi connectivity index (χ0v) is 21.5. The van der Waals surface area contributed by atoms with Crippen LogP contribution >= 0.6 is 0 Å². The van der Waals surface area contributed by atoms with Gasteiger partial charge in [-0.15, -0.1) is 0 Å². The highest BCUT2D eigenvalue weighted by atomic mass is 16.6. The van der Waals surface area contributed by atoms with Crippen LogP contribution in [-0.2, 0) is 17.9 Å². The first-order valence-electron chi connectivity index (χ1n) is 12.6. The van der Waals surface area contributed by atoms with Crippen LogP contribution in [0.3, 0.4) is 0 Å². The molecule has 1 fully saturated rings. The highest BCUT2D eigenvalue weighted by molar-refractivity contribution is 5.81. The van der Waals surface area contributed by atoms with Crippen LogP contribution in [0.15, 0.2) is 77.9 Å². The van der Waals surface area contributed by atoms with Gasteiger partial charge in [0.15, 0.2) is 0 Å². The Balaban J connectivity index is 1.30. The van der Waals surface area contributed by atoms with E-state index in [0.717, 1.165) is 35.0 Å². The maximum atomic E-state index is 12.8. The van der Waals surface area contributed by atoms with Crippen LogP contribution in [0.1, 0.15) is 39.2 Å². The molecule has 1 saturated heterocycles. The molecule has 1 unspecified atom stereocenters. The van der Waals surface area contributed by atoms with Gasteiger partial charge in [-0.3, -0.25) is 14.0 Å². The lowest BCUT2D eigenvalue weighted by Gasteiger charge is -2.28. The molecule has 1 amide bonds. The molecular formula is C29H32N4O4. The van der Waals surface area contributed by atoms with Crippen molar-refractivity contribution in [1.82, 2.24) is 19.2 Å². The number of likely N-dealkylation sites (tertiary alicyclic amines) is 1. The summed E-state index contributed by atoms with van der Waals surface area (Å²) in [5.41, 5.74) is 2.05. The Kier molecular flexibility index (Phi) is 6.74. The number of benzene rings is 2. The number of hydrogen-bond donors (Lipinski definition) is 0. The summed E-state index contributed by atoms with van der Waals surface area (Å²) in [6.07, 6.45) is 5.11. The van der Waals surface area contributed by atoms with Gasteiger partial charge >= 0.3 is 6.09 Å². The molecule has 5 rings (SSSR count). The molecule has 0 bridgehead atoms. The van der Waals surface area contributed by atoms with Gasteiger partial charge in [-0.2, -0.15) is 5.10 Å². The van der Waals surface area contributed by atoms with Crippen molar-refractivity contribution in [3.05, 3.63) is 89.0 Å². The number of rotatable bonds is 6. The summed E-state index contributed by atoms with van der Waals surface area (Å²) in [5, 5.41) is 5.51. The van der Waals surface area contributed by atoms with Gasteiger partial charge in [-0.1, -0.05) is 30.3 Å². The van der Waals surface area contributed by atoms with Crippen molar-refractivity contribution in [2.75, 3.05) is 6.54 Å². The second kappa shape index (κ2) is 10.1. The molecule has 1 aliphatic rings. The number of nitrogens with zero attached hydrogens (tertiary/aromatic N) is 4. The minimum Gasteiger partial charge on any atom is -0.489 e. The van der Waals surface area contributed by atoms with Crippen LogP contribution in [0.25, 0.3) is 16.6 Å². The minimum atomic E-state index is -0.524. The minimum absolute atomic E-state index is 0.0312. The van der Waals surface area contributed by atoms with E-state index < -0.39 is 5.60 Å². The summed E-state index contributed by atoms with van der Waals surface area (Å²) >= 11 is 0. The first-order chi connectivity index (χ1) is 17.8. The summed E-state index contributed by atoms with van der Waals surface area (Å²) in [4.78, 5) is 27.3. The third-order valence-corrected chi connectivity index (χ3v) is 6.43. The van der Waals surface area contributed by atoms with E-state index in [1.54, 1.807) is 23.0 Å². The number of carbonyl (C=O) groups excluding carboxylic acids is 1. The molecule has 1 atom stereocenters. The van der Waals surface area contributed by atoms with Gasteiger partial charge in [0.25, 0.3) is 5.56 Å². The Bertz CT molecular complexity index is 1450. The molecule has 0 aliphatic carbocycles. The maximum absolute atomic E-state index is 12.8. The smallest absolute Gasteiger partial charge is 0.410 e. The maximum Gasteiger partial charge on any atom is 0.410 e. The van der Waals surface area contributed by atoms with Crippen molar-refractivity contribution in [1.29, 1.82) is 0 Å². The molecular weight excluding hydrogens is 468 g/mol. The van der Waals surface area contributed by atoms with Crippen molar-refractivity contribution in [2.24, 2.45) is 0 Å². The van der Waals surface area contributed by atoms with Gasteiger partial charge in [0.05, 0.1) is 24.3 Å². The summed E-state index contributed by atoms with van der Waals surface area (Å²) in [6, 6.07) is 19.0. The zero-order valence-electron chi connectivity index (χ0n) is 21.5. The number of fused-ring (bicyclic) bond motifs is 1. The highest BCUT2D eigenvalue weighted by Gasteiger charge is 2.32. The average Bonchev–Trinajstić information content (AvgIpc) is 3.49. The van der Waals surface area contributed by atoms with Gasteiger partial charge in [0, 0.05) is 29.9 Å². The molecule has 0 radical (unpaired) electrons. The predicted octanol–water partition coefficient (Wildman–Crippen LogP) is 5.17. The van der Waals surface area contributed by atoms with E-state index in [9.17, 15) is 9.59 Å². The number of carbonyl (C=O) groups is 1. The van der Waals surface area contributed by atoms with E-state index in [1.165, 1.54) is 6.07 Å². The van der Waals surface area contributed by atoms with Crippen LogP contribution in [0.2, 0.25) is 0 Å².